The largest absolute Gasteiger partial charge is 0.477 e. The molecule has 2 unspecified atom stereocenters. The molecule has 5 nitrogen and oxygen atoms in total. The van der Waals surface area contributed by atoms with Gasteiger partial charge >= 0.3 is 5.97 Å². The standard InChI is InChI=1S/C19H19NO4/c1-12-13(10-14(11-21)19(22)23)4-2-5-15(12)16-6-3-7-17(16)18-20-8-9-24-18/h2,4-5,8-9,16-17H,3,6-7,10H2,1H3,(H,22,23). The van der Waals surface area contributed by atoms with Gasteiger partial charge in [-0.25, -0.2) is 14.6 Å². The molecule has 2 aromatic rings. The van der Waals surface area contributed by atoms with Crippen LogP contribution in [0.5, 0.6) is 0 Å². The van der Waals surface area contributed by atoms with Crippen LogP contribution in [-0.2, 0) is 16.0 Å². The number of hydrogen-bond donors (Lipinski definition) is 1. The van der Waals surface area contributed by atoms with E-state index in [1.165, 1.54) is 11.5 Å². The first kappa shape index (κ1) is 16.2. The van der Waals surface area contributed by atoms with Gasteiger partial charge in [0.15, 0.2) is 5.89 Å². The number of carbonyl (C=O) groups is 1. The number of nitrogens with zero attached hydrogens (tertiary/aromatic N) is 1. The van der Waals surface area contributed by atoms with Gasteiger partial charge < -0.3 is 9.52 Å². The van der Waals surface area contributed by atoms with Crippen molar-refractivity contribution < 1.29 is 19.1 Å². The lowest BCUT2D eigenvalue weighted by Gasteiger charge is -2.21. The summed E-state index contributed by atoms with van der Waals surface area (Å²) in [6.07, 6.45) is 6.55. The molecule has 0 aliphatic heterocycles. The van der Waals surface area contributed by atoms with Crippen molar-refractivity contribution in [3.8, 4) is 0 Å². The Morgan fingerprint density at radius 2 is 2.17 bits per heavy atom. The second-order valence-electron chi connectivity index (χ2n) is 6.21. The van der Waals surface area contributed by atoms with E-state index in [2.05, 4.69) is 11.1 Å². The molecule has 1 aromatic carbocycles. The van der Waals surface area contributed by atoms with Gasteiger partial charge in [-0.15, -0.1) is 0 Å². The van der Waals surface area contributed by atoms with Crippen LogP contribution in [0, 0.1) is 6.92 Å². The average molecular weight is 325 g/mol. The summed E-state index contributed by atoms with van der Waals surface area (Å²) in [5, 5.41) is 9.05. The summed E-state index contributed by atoms with van der Waals surface area (Å²) in [6, 6.07) is 5.87. The van der Waals surface area contributed by atoms with E-state index >= 15 is 0 Å². The zero-order valence-electron chi connectivity index (χ0n) is 13.5. The molecule has 1 heterocycles. The number of rotatable bonds is 5. The van der Waals surface area contributed by atoms with Crippen LogP contribution in [0.15, 0.2) is 40.6 Å². The predicted octanol–water partition coefficient (Wildman–Crippen LogP) is 3.42. The van der Waals surface area contributed by atoms with Crippen molar-refractivity contribution in [2.24, 2.45) is 0 Å². The van der Waals surface area contributed by atoms with Gasteiger partial charge in [-0.3, -0.25) is 0 Å². The quantitative estimate of drug-likeness (QED) is 0.673. The summed E-state index contributed by atoms with van der Waals surface area (Å²) < 4.78 is 5.51. The van der Waals surface area contributed by atoms with Crippen LogP contribution in [-0.4, -0.2) is 22.0 Å². The van der Waals surface area contributed by atoms with E-state index in [1.54, 1.807) is 12.5 Å². The molecule has 1 aromatic heterocycles. The molecule has 0 amide bonds. The van der Waals surface area contributed by atoms with Gasteiger partial charge in [0, 0.05) is 12.3 Å². The Morgan fingerprint density at radius 3 is 2.83 bits per heavy atom. The number of carboxylic acid groups (broad SMARTS) is 1. The minimum Gasteiger partial charge on any atom is -0.477 e. The van der Waals surface area contributed by atoms with E-state index in [0.717, 1.165) is 36.3 Å². The zero-order chi connectivity index (χ0) is 17.1. The van der Waals surface area contributed by atoms with Gasteiger partial charge in [0.05, 0.1) is 6.20 Å². The lowest BCUT2D eigenvalue weighted by molar-refractivity contribution is -0.132. The van der Waals surface area contributed by atoms with Crippen LogP contribution >= 0.6 is 0 Å². The van der Waals surface area contributed by atoms with Gasteiger partial charge in [0.1, 0.15) is 17.8 Å². The van der Waals surface area contributed by atoms with Crippen molar-refractivity contribution in [1.82, 2.24) is 4.98 Å². The number of hydrogen-bond acceptors (Lipinski definition) is 4. The van der Waals surface area contributed by atoms with Gasteiger partial charge in [0.25, 0.3) is 0 Å². The highest BCUT2D eigenvalue weighted by Crippen LogP contribution is 2.46. The Hall–Kier alpha value is -2.65. The van der Waals surface area contributed by atoms with Crippen molar-refractivity contribution in [2.75, 3.05) is 0 Å². The second-order valence-corrected chi connectivity index (χ2v) is 6.21. The molecular formula is C19H19NO4. The summed E-state index contributed by atoms with van der Waals surface area (Å²) in [4.78, 5) is 26.2. The molecule has 0 saturated heterocycles. The van der Waals surface area contributed by atoms with Gasteiger partial charge in [-0.2, -0.15) is 0 Å². The summed E-state index contributed by atoms with van der Waals surface area (Å²) in [5.41, 5.74) is 2.83. The molecular weight excluding hydrogens is 306 g/mol. The van der Waals surface area contributed by atoms with Gasteiger partial charge in [-0.05, 0) is 42.4 Å². The lowest BCUT2D eigenvalue weighted by Crippen LogP contribution is -2.10. The Bertz CT molecular complexity index is 788. The van der Waals surface area contributed by atoms with E-state index in [4.69, 9.17) is 9.52 Å². The Balaban J connectivity index is 1.93. The molecule has 1 aliphatic rings. The molecule has 24 heavy (non-hydrogen) atoms. The van der Waals surface area contributed by atoms with Crippen molar-refractivity contribution in [3.05, 3.63) is 58.8 Å². The molecule has 1 fully saturated rings. The first-order valence-corrected chi connectivity index (χ1v) is 8.07. The Kier molecular flexibility index (Phi) is 4.63. The maximum atomic E-state index is 11.1. The fourth-order valence-electron chi connectivity index (χ4n) is 3.69. The van der Waals surface area contributed by atoms with Gasteiger partial charge in [-0.1, -0.05) is 24.6 Å². The van der Waals surface area contributed by atoms with Crippen molar-refractivity contribution >= 4 is 11.9 Å². The van der Waals surface area contributed by atoms with E-state index in [9.17, 15) is 9.59 Å². The minimum absolute atomic E-state index is 0.0922. The molecule has 1 N–H and O–H groups in total. The second kappa shape index (κ2) is 6.85. The minimum atomic E-state index is -1.21. The van der Waals surface area contributed by atoms with Crippen molar-refractivity contribution in [2.45, 2.75) is 44.4 Å². The van der Waals surface area contributed by atoms with Crippen molar-refractivity contribution in [3.63, 3.8) is 0 Å². The van der Waals surface area contributed by atoms with Crippen LogP contribution in [0.25, 0.3) is 0 Å². The number of benzene rings is 1. The number of oxazole rings is 1. The zero-order valence-corrected chi connectivity index (χ0v) is 13.5. The van der Waals surface area contributed by atoms with Crippen LogP contribution < -0.4 is 0 Å². The van der Waals surface area contributed by atoms with E-state index in [0.29, 0.717) is 5.92 Å². The fourth-order valence-corrected chi connectivity index (χ4v) is 3.69. The van der Waals surface area contributed by atoms with Crippen LogP contribution in [0.3, 0.4) is 0 Å². The van der Waals surface area contributed by atoms with Crippen LogP contribution in [0.1, 0.15) is 53.7 Å². The van der Waals surface area contributed by atoms with Crippen molar-refractivity contribution in [1.29, 1.82) is 0 Å². The predicted molar refractivity (Wildman–Crippen MR) is 87.6 cm³/mol. The van der Waals surface area contributed by atoms with E-state index < -0.39 is 5.97 Å². The third kappa shape index (κ3) is 3.03. The molecule has 3 rings (SSSR count). The van der Waals surface area contributed by atoms with Crippen LogP contribution in [0.4, 0.5) is 0 Å². The van der Waals surface area contributed by atoms with E-state index in [1.807, 2.05) is 19.1 Å². The maximum Gasteiger partial charge on any atom is 0.343 e. The lowest BCUT2D eigenvalue weighted by atomic mass is 9.84. The van der Waals surface area contributed by atoms with Gasteiger partial charge in [0.2, 0.25) is 0 Å². The number of carboxylic acids is 1. The summed E-state index contributed by atoms with van der Waals surface area (Å²) in [5.74, 6) is 1.64. The fraction of sp³-hybridized carbons (Fsp3) is 0.368. The molecule has 2 atom stereocenters. The highest BCUT2D eigenvalue weighted by Gasteiger charge is 2.33. The Labute approximate surface area is 140 Å². The number of carbonyl (C=O) groups excluding carboxylic acids is 1. The normalized spacial score (nSPS) is 19.9. The smallest absolute Gasteiger partial charge is 0.343 e. The highest BCUT2D eigenvalue weighted by molar-refractivity contribution is 5.95. The SMILES string of the molecule is Cc1c(CC(=C=O)C(=O)O)cccc1C1CCCC1c1ncco1. The Morgan fingerprint density at radius 1 is 1.38 bits per heavy atom. The first-order valence-electron chi connectivity index (χ1n) is 8.07. The molecule has 124 valence electrons. The first-order chi connectivity index (χ1) is 11.6. The van der Waals surface area contributed by atoms with E-state index in [-0.39, 0.29) is 17.9 Å². The molecule has 1 aliphatic carbocycles. The van der Waals surface area contributed by atoms with Crippen LogP contribution in [0.2, 0.25) is 0 Å². The number of aromatic nitrogens is 1. The highest BCUT2D eigenvalue weighted by atomic mass is 16.4. The number of aliphatic carboxylic acids is 1. The molecule has 0 bridgehead atoms. The topological polar surface area (TPSA) is 80.4 Å². The molecule has 0 radical (unpaired) electrons. The summed E-state index contributed by atoms with van der Waals surface area (Å²) >= 11 is 0. The molecule has 0 spiro atoms. The third-order valence-electron chi connectivity index (χ3n) is 4.92. The third-order valence-corrected chi connectivity index (χ3v) is 4.92. The molecule has 1 saturated carbocycles. The maximum absolute atomic E-state index is 11.1. The average Bonchev–Trinajstić information content (AvgIpc) is 3.24. The summed E-state index contributed by atoms with van der Waals surface area (Å²) in [6.45, 7) is 1.99. The molecule has 5 heteroatoms. The summed E-state index contributed by atoms with van der Waals surface area (Å²) in [7, 11) is 0. The monoisotopic (exact) mass is 325 g/mol.